The molecular weight excluding hydrogens is 309 g/mol. The third kappa shape index (κ3) is 2.32. The summed E-state index contributed by atoms with van der Waals surface area (Å²) < 4.78 is 19.8. The number of carbonyl (C=O) groups excluding carboxylic acids is 1. The maximum absolute atomic E-state index is 14.4. The lowest BCUT2D eigenvalue weighted by Gasteiger charge is -2.29. The number of halogens is 1. The Morgan fingerprint density at radius 2 is 1.83 bits per heavy atom. The van der Waals surface area contributed by atoms with Crippen molar-refractivity contribution in [2.45, 2.75) is 0 Å². The zero-order valence-electron chi connectivity index (χ0n) is 12.0. The summed E-state index contributed by atoms with van der Waals surface area (Å²) in [6, 6.07) is 2.13. The molecule has 23 heavy (non-hydrogen) atoms. The molecule has 4 N–H and O–H groups in total. The largest absolute Gasteiger partial charge is 0.710 e. The quantitative estimate of drug-likeness (QED) is 0.524. The molecule has 0 atom stereocenters. The third-order valence-electron chi connectivity index (χ3n) is 3.73. The van der Waals surface area contributed by atoms with Crippen molar-refractivity contribution in [2.75, 3.05) is 36.9 Å². The van der Waals surface area contributed by atoms with E-state index in [1.165, 1.54) is 6.07 Å². The number of fused-ring (bicyclic) bond motifs is 1. The Bertz CT molecular complexity index is 807. The lowest BCUT2D eigenvalue weighted by Crippen LogP contribution is -2.48. The maximum atomic E-state index is 14.4. The molecule has 1 aliphatic heterocycles. The van der Waals surface area contributed by atoms with E-state index in [0.29, 0.717) is 26.3 Å². The Labute approximate surface area is 129 Å². The smallest absolute Gasteiger partial charge is 0.372 e. The van der Waals surface area contributed by atoms with Crippen molar-refractivity contribution in [1.82, 2.24) is 0 Å². The molecule has 1 aromatic carbocycles. The summed E-state index contributed by atoms with van der Waals surface area (Å²) >= 11 is 0. The van der Waals surface area contributed by atoms with Crippen molar-refractivity contribution in [3.05, 3.63) is 34.1 Å². The molecule has 1 fully saturated rings. The molecule has 1 aromatic heterocycles. The van der Waals surface area contributed by atoms with E-state index in [1.807, 2.05) is 0 Å². The zero-order chi connectivity index (χ0) is 16.7. The predicted octanol–water partition coefficient (Wildman–Crippen LogP) is -1.24. The fraction of sp³-hybridized carbons (Fsp3) is 0.308. The van der Waals surface area contributed by atoms with Crippen LogP contribution in [0.4, 0.5) is 15.9 Å². The molecule has 0 unspecified atom stereocenters. The van der Waals surface area contributed by atoms with Crippen molar-refractivity contribution >= 4 is 28.4 Å². The van der Waals surface area contributed by atoms with Gasteiger partial charge in [-0.3, -0.25) is 10.5 Å². The highest BCUT2D eigenvalue weighted by molar-refractivity contribution is 5.94. The van der Waals surface area contributed by atoms with E-state index in [2.05, 4.69) is 0 Å². The summed E-state index contributed by atoms with van der Waals surface area (Å²) in [5.41, 5.74) is 9.55. The second-order valence-corrected chi connectivity index (χ2v) is 5.08. The number of hydrogen-bond donors (Lipinski definition) is 2. The van der Waals surface area contributed by atoms with Crippen LogP contribution in [0.25, 0.3) is 11.0 Å². The molecule has 0 bridgehead atoms. The lowest BCUT2D eigenvalue weighted by atomic mass is 10.2. The van der Waals surface area contributed by atoms with Crippen LogP contribution in [0.1, 0.15) is 10.5 Å². The Morgan fingerprint density at radius 3 is 2.43 bits per heavy atom. The van der Waals surface area contributed by atoms with E-state index in [1.54, 1.807) is 4.90 Å². The SMILES string of the molecule is NC(=O)c1c(N)[n+]([O-])c2cc(N3CCOCC3)c(F)cc2[n+]1[O-]. The van der Waals surface area contributed by atoms with Gasteiger partial charge >= 0.3 is 17.4 Å². The average Bonchev–Trinajstić information content (AvgIpc) is 2.53. The summed E-state index contributed by atoms with van der Waals surface area (Å²) in [4.78, 5) is 13.0. The van der Waals surface area contributed by atoms with Gasteiger partial charge in [0.1, 0.15) is 0 Å². The van der Waals surface area contributed by atoms with E-state index in [9.17, 15) is 19.6 Å². The van der Waals surface area contributed by atoms with Crippen LogP contribution in [0, 0.1) is 16.2 Å². The number of anilines is 2. The van der Waals surface area contributed by atoms with Crippen LogP contribution in [0.3, 0.4) is 0 Å². The average molecular weight is 323 g/mol. The number of morpholine rings is 1. The minimum atomic E-state index is -1.17. The van der Waals surface area contributed by atoms with E-state index < -0.39 is 23.2 Å². The number of carbonyl (C=O) groups is 1. The summed E-state index contributed by atoms with van der Waals surface area (Å²) in [6.45, 7) is 1.76. The first-order chi connectivity index (χ1) is 10.9. The molecule has 0 spiro atoms. The van der Waals surface area contributed by atoms with Gasteiger partial charge in [0.15, 0.2) is 5.82 Å². The fourth-order valence-corrected chi connectivity index (χ4v) is 2.59. The van der Waals surface area contributed by atoms with E-state index in [4.69, 9.17) is 16.2 Å². The van der Waals surface area contributed by atoms with Crippen molar-refractivity contribution < 1.29 is 23.4 Å². The van der Waals surface area contributed by atoms with Gasteiger partial charge in [0.05, 0.1) is 25.0 Å². The summed E-state index contributed by atoms with van der Waals surface area (Å²) in [5.74, 6) is -2.48. The Balaban J connectivity index is 2.26. The summed E-state index contributed by atoms with van der Waals surface area (Å²) in [5, 5.41) is 24.4. The number of primary amides is 1. The van der Waals surface area contributed by atoms with E-state index in [-0.39, 0.29) is 26.2 Å². The minimum absolute atomic E-state index is 0.0770. The predicted molar refractivity (Wildman–Crippen MR) is 77.8 cm³/mol. The lowest BCUT2D eigenvalue weighted by molar-refractivity contribution is -0.620. The number of ether oxygens (including phenoxy) is 1. The first-order valence-corrected chi connectivity index (χ1v) is 6.82. The van der Waals surface area contributed by atoms with Crippen LogP contribution in [0.2, 0.25) is 0 Å². The van der Waals surface area contributed by atoms with E-state index >= 15 is 0 Å². The third-order valence-corrected chi connectivity index (χ3v) is 3.73. The first-order valence-electron chi connectivity index (χ1n) is 6.82. The van der Waals surface area contributed by atoms with E-state index in [0.717, 1.165) is 6.07 Å². The number of rotatable bonds is 2. The number of hydrogen-bond acceptors (Lipinski definition) is 6. The Hall–Kier alpha value is -2.88. The summed E-state index contributed by atoms with van der Waals surface area (Å²) in [7, 11) is 0. The molecule has 9 nitrogen and oxygen atoms in total. The van der Waals surface area contributed by atoms with Crippen LogP contribution in [0.5, 0.6) is 0 Å². The highest BCUT2D eigenvalue weighted by Gasteiger charge is 2.30. The van der Waals surface area contributed by atoms with Gasteiger partial charge < -0.3 is 25.8 Å². The summed E-state index contributed by atoms with van der Waals surface area (Å²) in [6.07, 6.45) is 0. The molecule has 1 saturated heterocycles. The van der Waals surface area contributed by atoms with Gasteiger partial charge in [-0.05, 0) is 0 Å². The van der Waals surface area contributed by atoms with Crippen molar-refractivity contribution in [3.63, 3.8) is 0 Å². The topological polar surface area (TPSA) is 135 Å². The molecule has 3 rings (SSSR count). The number of benzene rings is 1. The van der Waals surface area contributed by atoms with Crippen molar-refractivity contribution in [3.8, 4) is 0 Å². The van der Waals surface area contributed by atoms with Crippen molar-refractivity contribution in [1.29, 1.82) is 0 Å². The molecule has 0 radical (unpaired) electrons. The van der Waals surface area contributed by atoms with Crippen LogP contribution in [0.15, 0.2) is 12.1 Å². The van der Waals surface area contributed by atoms with Gasteiger partial charge in [0.2, 0.25) is 5.52 Å². The molecule has 122 valence electrons. The standard InChI is InChI=1S/C13H14FN5O4/c14-7-5-9-10(6-8(7)17-1-3-23-4-2-17)19(22)12(15)11(13(16)20)18(9)21/h5-6H,1-4,15H2,(H2,16,20). The minimum Gasteiger partial charge on any atom is -0.710 e. The highest BCUT2D eigenvalue weighted by Crippen LogP contribution is 2.24. The number of amides is 1. The van der Waals surface area contributed by atoms with Crippen LogP contribution in [-0.2, 0) is 4.74 Å². The first kappa shape index (κ1) is 15.0. The maximum Gasteiger partial charge on any atom is 0.372 e. The van der Waals surface area contributed by atoms with Crippen LogP contribution >= 0.6 is 0 Å². The molecular formula is C13H14FN5O4. The fourth-order valence-electron chi connectivity index (χ4n) is 2.59. The van der Waals surface area contributed by atoms with Gasteiger partial charge in [-0.25, -0.2) is 9.12 Å². The molecule has 2 heterocycles. The number of nitrogens with zero attached hydrogens (tertiary/aromatic N) is 3. The number of aromatic nitrogens is 2. The normalized spacial score (nSPS) is 15.1. The monoisotopic (exact) mass is 323 g/mol. The molecule has 2 aromatic rings. The van der Waals surface area contributed by atoms with Gasteiger partial charge in [-0.15, -0.1) is 4.73 Å². The van der Waals surface area contributed by atoms with Crippen LogP contribution in [-0.4, -0.2) is 32.2 Å². The molecule has 0 aliphatic carbocycles. The van der Waals surface area contributed by atoms with Crippen molar-refractivity contribution in [2.24, 2.45) is 5.73 Å². The van der Waals surface area contributed by atoms with Gasteiger partial charge in [0.25, 0.3) is 5.52 Å². The number of nitrogen functional groups attached to an aromatic ring is 1. The second-order valence-electron chi connectivity index (χ2n) is 5.08. The highest BCUT2D eigenvalue weighted by atomic mass is 19.1. The molecule has 1 aliphatic rings. The molecule has 0 saturated carbocycles. The second kappa shape index (κ2) is 5.39. The zero-order valence-corrected chi connectivity index (χ0v) is 12.0. The van der Waals surface area contributed by atoms with Gasteiger partial charge in [-0.1, -0.05) is 0 Å². The number of nitrogens with two attached hydrogens (primary N) is 2. The Kier molecular flexibility index (Phi) is 3.52. The molecule has 10 heteroatoms. The Morgan fingerprint density at radius 1 is 1.22 bits per heavy atom. The van der Waals surface area contributed by atoms with Gasteiger partial charge in [-0.2, -0.15) is 0 Å². The van der Waals surface area contributed by atoms with Crippen LogP contribution < -0.4 is 25.8 Å². The molecule has 1 amide bonds. The van der Waals surface area contributed by atoms with Gasteiger partial charge in [0, 0.05) is 19.2 Å².